The van der Waals surface area contributed by atoms with E-state index in [9.17, 15) is 0 Å². The summed E-state index contributed by atoms with van der Waals surface area (Å²) in [5, 5.41) is 3.83. The number of thioether (sulfide) groups is 1. The molecule has 3 nitrogen and oxygen atoms in total. The number of hydrogen-bond acceptors (Lipinski definition) is 4. The first-order chi connectivity index (χ1) is 9.66. The predicted molar refractivity (Wildman–Crippen MR) is 90.7 cm³/mol. The van der Waals surface area contributed by atoms with Crippen LogP contribution in [0.5, 0.6) is 0 Å². The van der Waals surface area contributed by atoms with Crippen molar-refractivity contribution in [3.63, 3.8) is 0 Å². The summed E-state index contributed by atoms with van der Waals surface area (Å²) < 4.78 is 0. The zero-order valence-electron chi connectivity index (χ0n) is 13.7. The lowest BCUT2D eigenvalue weighted by molar-refractivity contribution is 0.0417. The van der Waals surface area contributed by atoms with E-state index in [2.05, 4.69) is 47.8 Å². The summed E-state index contributed by atoms with van der Waals surface area (Å²) in [5.74, 6) is 2.48. The third kappa shape index (κ3) is 4.36. The minimum Gasteiger partial charge on any atom is -0.312 e. The molecule has 0 aromatic carbocycles. The largest absolute Gasteiger partial charge is 0.312 e. The summed E-state index contributed by atoms with van der Waals surface area (Å²) >= 11 is 2.05. The summed E-state index contributed by atoms with van der Waals surface area (Å²) in [4.78, 5) is 5.26. The minimum atomic E-state index is 0.465. The second-order valence-electron chi connectivity index (χ2n) is 6.66. The third-order valence-corrected chi connectivity index (χ3v) is 6.20. The van der Waals surface area contributed by atoms with Gasteiger partial charge in [-0.1, -0.05) is 19.8 Å². The van der Waals surface area contributed by atoms with Gasteiger partial charge in [0.1, 0.15) is 0 Å². The number of hydrogen-bond donors (Lipinski definition) is 1. The van der Waals surface area contributed by atoms with Crippen molar-refractivity contribution in [2.24, 2.45) is 0 Å². The molecule has 4 heteroatoms. The lowest BCUT2D eigenvalue weighted by atomic mass is 9.93. The van der Waals surface area contributed by atoms with E-state index in [1.807, 2.05) is 0 Å². The molecule has 1 saturated heterocycles. The van der Waals surface area contributed by atoms with Crippen LogP contribution in [0.1, 0.15) is 39.5 Å². The van der Waals surface area contributed by atoms with Gasteiger partial charge < -0.3 is 10.2 Å². The summed E-state index contributed by atoms with van der Waals surface area (Å²) in [5.41, 5.74) is 0.465. The summed E-state index contributed by atoms with van der Waals surface area (Å²) in [6, 6.07) is 0.643. The standard InChI is InChI=1S/C16H33N3S/c1-4-20-13-15(2)17-14-16(7-5-6-8-16)19-11-9-18(3)10-12-19/h15,17H,4-14H2,1-3H3. The van der Waals surface area contributed by atoms with Crippen LogP contribution in [-0.4, -0.2) is 72.7 Å². The van der Waals surface area contributed by atoms with Crippen LogP contribution in [0.25, 0.3) is 0 Å². The lowest BCUT2D eigenvalue weighted by Crippen LogP contribution is -2.59. The highest BCUT2D eigenvalue weighted by Crippen LogP contribution is 2.35. The molecule has 1 N–H and O–H groups in total. The highest BCUT2D eigenvalue weighted by atomic mass is 32.2. The maximum Gasteiger partial charge on any atom is 0.0335 e. The predicted octanol–water partition coefficient (Wildman–Crippen LogP) is 2.28. The van der Waals surface area contributed by atoms with E-state index in [1.54, 1.807) is 0 Å². The Morgan fingerprint density at radius 3 is 2.40 bits per heavy atom. The summed E-state index contributed by atoms with van der Waals surface area (Å²) in [7, 11) is 2.25. The average Bonchev–Trinajstić information content (AvgIpc) is 2.93. The zero-order valence-corrected chi connectivity index (χ0v) is 14.5. The molecule has 2 fully saturated rings. The van der Waals surface area contributed by atoms with Gasteiger partial charge in [-0.25, -0.2) is 0 Å². The molecule has 1 saturated carbocycles. The van der Waals surface area contributed by atoms with E-state index in [0.717, 1.165) is 0 Å². The first-order valence-electron chi connectivity index (χ1n) is 8.41. The van der Waals surface area contributed by atoms with Gasteiger partial charge in [0.05, 0.1) is 0 Å². The Balaban J connectivity index is 1.85. The average molecular weight is 300 g/mol. The second-order valence-corrected chi connectivity index (χ2v) is 7.98. The van der Waals surface area contributed by atoms with Gasteiger partial charge in [-0.05, 0) is 32.6 Å². The van der Waals surface area contributed by atoms with E-state index >= 15 is 0 Å². The van der Waals surface area contributed by atoms with Crippen molar-refractivity contribution in [3.8, 4) is 0 Å². The van der Waals surface area contributed by atoms with Crippen LogP contribution in [0.4, 0.5) is 0 Å². The van der Waals surface area contributed by atoms with E-state index in [1.165, 1.54) is 69.9 Å². The molecular formula is C16H33N3S. The van der Waals surface area contributed by atoms with Crippen LogP contribution in [0.2, 0.25) is 0 Å². The van der Waals surface area contributed by atoms with Gasteiger partial charge in [-0.15, -0.1) is 0 Å². The van der Waals surface area contributed by atoms with Crippen molar-refractivity contribution in [2.45, 2.75) is 51.1 Å². The molecule has 0 aromatic heterocycles. The smallest absolute Gasteiger partial charge is 0.0335 e. The highest BCUT2D eigenvalue weighted by molar-refractivity contribution is 7.99. The Morgan fingerprint density at radius 1 is 1.15 bits per heavy atom. The Bertz CT molecular complexity index is 271. The Morgan fingerprint density at radius 2 is 1.80 bits per heavy atom. The van der Waals surface area contributed by atoms with Crippen molar-refractivity contribution in [1.82, 2.24) is 15.1 Å². The Kier molecular flexibility index (Phi) is 6.66. The first kappa shape index (κ1) is 16.6. The molecule has 0 aromatic rings. The van der Waals surface area contributed by atoms with E-state index in [4.69, 9.17) is 0 Å². The topological polar surface area (TPSA) is 18.5 Å². The number of nitrogens with zero attached hydrogens (tertiary/aromatic N) is 2. The molecule has 1 atom stereocenters. The molecule has 2 aliphatic rings. The lowest BCUT2D eigenvalue weighted by Gasteiger charge is -2.46. The minimum absolute atomic E-state index is 0.465. The highest BCUT2D eigenvalue weighted by Gasteiger charge is 2.40. The van der Waals surface area contributed by atoms with Crippen LogP contribution in [-0.2, 0) is 0 Å². The Hall–Kier alpha value is 0.230. The van der Waals surface area contributed by atoms with Gasteiger partial charge in [-0.3, -0.25) is 4.90 Å². The molecule has 118 valence electrons. The van der Waals surface area contributed by atoms with Crippen LogP contribution < -0.4 is 5.32 Å². The fourth-order valence-electron chi connectivity index (χ4n) is 3.64. The van der Waals surface area contributed by atoms with Gasteiger partial charge in [-0.2, -0.15) is 11.8 Å². The van der Waals surface area contributed by atoms with Crippen LogP contribution in [0, 0.1) is 0 Å². The third-order valence-electron chi connectivity index (χ3n) is 5.06. The molecular weight excluding hydrogens is 266 g/mol. The van der Waals surface area contributed by atoms with E-state index in [0.29, 0.717) is 11.6 Å². The van der Waals surface area contributed by atoms with Crippen LogP contribution >= 0.6 is 11.8 Å². The summed E-state index contributed by atoms with van der Waals surface area (Å²) in [6.07, 6.45) is 5.65. The number of likely N-dealkylation sites (N-methyl/N-ethyl adjacent to an activating group) is 1. The Labute approximate surface area is 129 Å². The quantitative estimate of drug-likeness (QED) is 0.777. The van der Waals surface area contributed by atoms with Crippen molar-refractivity contribution >= 4 is 11.8 Å². The SMILES string of the molecule is CCSCC(C)NCC1(N2CCN(C)CC2)CCCC1. The molecule has 20 heavy (non-hydrogen) atoms. The summed E-state index contributed by atoms with van der Waals surface area (Å²) in [6.45, 7) is 10.8. The number of rotatable bonds is 7. The van der Waals surface area contributed by atoms with Crippen LogP contribution in [0.15, 0.2) is 0 Å². The first-order valence-corrected chi connectivity index (χ1v) is 9.56. The maximum atomic E-state index is 3.83. The molecule has 0 bridgehead atoms. The zero-order chi connectivity index (χ0) is 14.4. The number of nitrogens with one attached hydrogen (secondary N) is 1. The van der Waals surface area contributed by atoms with Gasteiger partial charge in [0, 0.05) is 50.1 Å². The van der Waals surface area contributed by atoms with Crippen molar-refractivity contribution < 1.29 is 0 Å². The maximum absolute atomic E-state index is 3.83. The van der Waals surface area contributed by atoms with Gasteiger partial charge in [0.2, 0.25) is 0 Å². The van der Waals surface area contributed by atoms with E-state index < -0.39 is 0 Å². The second kappa shape index (κ2) is 8.02. The molecule has 1 heterocycles. The molecule has 1 aliphatic heterocycles. The molecule has 0 amide bonds. The normalized spacial score (nSPS) is 25.9. The fourth-order valence-corrected chi connectivity index (χ4v) is 4.34. The molecule has 1 aliphatic carbocycles. The fraction of sp³-hybridized carbons (Fsp3) is 1.00. The molecule has 0 spiro atoms. The van der Waals surface area contributed by atoms with Crippen molar-refractivity contribution in [1.29, 1.82) is 0 Å². The van der Waals surface area contributed by atoms with E-state index in [-0.39, 0.29) is 0 Å². The van der Waals surface area contributed by atoms with Gasteiger partial charge in [0.15, 0.2) is 0 Å². The van der Waals surface area contributed by atoms with Crippen molar-refractivity contribution in [2.75, 3.05) is 51.3 Å². The molecule has 1 unspecified atom stereocenters. The van der Waals surface area contributed by atoms with Gasteiger partial charge >= 0.3 is 0 Å². The number of piperazine rings is 1. The monoisotopic (exact) mass is 299 g/mol. The molecule has 0 radical (unpaired) electrons. The van der Waals surface area contributed by atoms with Gasteiger partial charge in [0.25, 0.3) is 0 Å². The molecule has 2 rings (SSSR count). The van der Waals surface area contributed by atoms with Crippen LogP contribution in [0.3, 0.4) is 0 Å². The van der Waals surface area contributed by atoms with Crippen molar-refractivity contribution in [3.05, 3.63) is 0 Å².